The number of hydrogen-bond acceptors (Lipinski definition) is 8. The van der Waals surface area contributed by atoms with E-state index in [0.29, 0.717) is 5.56 Å². The molecule has 0 aromatic heterocycles. The molecule has 8 heteroatoms. The summed E-state index contributed by atoms with van der Waals surface area (Å²) in [5, 5.41) is 41.0. The number of methoxy groups -OCH3 is 2. The van der Waals surface area contributed by atoms with Gasteiger partial charge >= 0.3 is 0 Å². The van der Waals surface area contributed by atoms with Gasteiger partial charge in [0.15, 0.2) is 34.4 Å². The molecular weight excluding hydrogens is 368 g/mol. The van der Waals surface area contributed by atoms with Gasteiger partial charge in [-0.25, -0.2) is 0 Å². The third kappa shape index (κ3) is 2.06. The topological polar surface area (TPSA) is 126 Å². The standard InChI is InChI=1S/C20H18O8/c1-20-10(4-8-5-11(26-2)16(23)18(25)14(8)20)15(22)13-9(7-21)6-12(27-3)17(24)19(13)28-20/h4-6,21,23-25H,7H2,1-3H3. The zero-order valence-corrected chi connectivity index (χ0v) is 15.4. The molecule has 8 nitrogen and oxygen atoms in total. The van der Waals surface area contributed by atoms with E-state index in [0.717, 1.165) is 0 Å². The molecule has 2 aliphatic rings. The van der Waals surface area contributed by atoms with Crippen LogP contribution in [0.2, 0.25) is 0 Å². The summed E-state index contributed by atoms with van der Waals surface area (Å²) in [6, 6.07) is 2.85. The van der Waals surface area contributed by atoms with E-state index < -0.39 is 35.2 Å². The Morgan fingerprint density at radius 1 is 1.04 bits per heavy atom. The Morgan fingerprint density at radius 2 is 1.68 bits per heavy atom. The van der Waals surface area contributed by atoms with Crippen LogP contribution < -0.4 is 14.2 Å². The lowest BCUT2D eigenvalue weighted by Gasteiger charge is -2.36. The fourth-order valence-electron chi connectivity index (χ4n) is 3.88. The number of ketones is 1. The van der Waals surface area contributed by atoms with Gasteiger partial charge in [0.1, 0.15) is 0 Å². The minimum absolute atomic E-state index is 0.0213. The molecule has 0 fully saturated rings. The van der Waals surface area contributed by atoms with Crippen molar-refractivity contribution in [2.75, 3.05) is 14.2 Å². The molecular formula is C20H18O8. The first-order chi connectivity index (χ1) is 13.3. The summed E-state index contributed by atoms with van der Waals surface area (Å²) in [6.07, 6.45) is 1.53. The van der Waals surface area contributed by atoms with Gasteiger partial charge in [0.2, 0.25) is 11.5 Å². The molecule has 28 heavy (non-hydrogen) atoms. The van der Waals surface area contributed by atoms with Gasteiger partial charge in [0, 0.05) is 5.57 Å². The largest absolute Gasteiger partial charge is 0.504 e. The molecule has 1 aliphatic heterocycles. The number of Topliss-reactive ketones (excluding diaryl/α,β-unsaturated/α-hetero) is 1. The molecule has 4 N–H and O–H groups in total. The van der Waals surface area contributed by atoms with Gasteiger partial charge in [-0.15, -0.1) is 0 Å². The van der Waals surface area contributed by atoms with Crippen molar-refractivity contribution < 1.29 is 39.4 Å². The maximum atomic E-state index is 13.3. The maximum Gasteiger partial charge on any atom is 0.201 e. The average Bonchev–Trinajstić information content (AvgIpc) is 2.98. The molecule has 0 radical (unpaired) electrons. The molecule has 0 bridgehead atoms. The lowest BCUT2D eigenvalue weighted by atomic mass is 9.82. The second kappa shape index (κ2) is 5.80. The third-order valence-corrected chi connectivity index (χ3v) is 5.25. The number of phenolic OH excluding ortho intramolecular Hbond substituents is 3. The van der Waals surface area contributed by atoms with Crippen LogP contribution in [0.4, 0.5) is 0 Å². The Kier molecular flexibility index (Phi) is 3.73. The SMILES string of the molecule is COc1cc2c(c(O)c1O)C1(C)Oc3c(O)c(OC)cc(CO)c3C(=O)C1=C2. The smallest absolute Gasteiger partial charge is 0.201 e. The van der Waals surface area contributed by atoms with Crippen LogP contribution >= 0.6 is 0 Å². The molecule has 1 heterocycles. The minimum Gasteiger partial charge on any atom is -0.504 e. The van der Waals surface area contributed by atoms with E-state index in [1.807, 2.05) is 0 Å². The van der Waals surface area contributed by atoms with Crippen molar-refractivity contribution in [2.24, 2.45) is 0 Å². The molecule has 1 atom stereocenters. The summed E-state index contributed by atoms with van der Waals surface area (Å²) in [5.74, 6) is -1.91. The van der Waals surface area contributed by atoms with Gasteiger partial charge in [-0.05, 0) is 36.3 Å². The lowest BCUT2D eigenvalue weighted by molar-refractivity contribution is 0.0778. The van der Waals surface area contributed by atoms with Gasteiger partial charge < -0.3 is 34.6 Å². The number of aromatic hydroxyl groups is 3. The predicted octanol–water partition coefficient (Wildman–Crippen LogP) is 2.20. The van der Waals surface area contributed by atoms with Crippen molar-refractivity contribution in [3.05, 3.63) is 40.0 Å². The number of ether oxygens (including phenoxy) is 3. The van der Waals surface area contributed by atoms with Crippen molar-refractivity contribution in [1.29, 1.82) is 0 Å². The molecule has 146 valence electrons. The highest BCUT2D eigenvalue weighted by molar-refractivity contribution is 6.18. The van der Waals surface area contributed by atoms with Crippen LogP contribution in [0.5, 0.6) is 34.5 Å². The predicted molar refractivity (Wildman–Crippen MR) is 97.2 cm³/mol. The number of hydrogen-bond donors (Lipinski definition) is 4. The molecule has 0 saturated carbocycles. The molecule has 0 spiro atoms. The number of phenols is 3. The number of rotatable bonds is 3. The van der Waals surface area contributed by atoms with Gasteiger partial charge in [0.25, 0.3) is 0 Å². The highest BCUT2D eigenvalue weighted by Gasteiger charge is 2.51. The van der Waals surface area contributed by atoms with Gasteiger partial charge in [-0.3, -0.25) is 4.79 Å². The van der Waals surface area contributed by atoms with Crippen LogP contribution in [-0.4, -0.2) is 40.4 Å². The van der Waals surface area contributed by atoms with Crippen molar-refractivity contribution >= 4 is 11.9 Å². The fourth-order valence-corrected chi connectivity index (χ4v) is 3.88. The summed E-state index contributed by atoms with van der Waals surface area (Å²) >= 11 is 0. The van der Waals surface area contributed by atoms with Gasteiger partial charge in [-0.2, -0.15) is 0 Å². The number of aliphatic hydroxyl groups is 1. The first kappa shape index (κ1) is 18.0. The van der Waals surface area contributed by atoms with E-state index >= 15 is 0 Å². The Hall–Kier alpha value is -3.39. The average molecular weight is 386 g/mol. The van der Waals surface area contributed by atoms with E-state index in [9.17, 15) is 25.2 Å². The minimum atomic E-state index is -1.47. The van der Waals surface area contributed by atoms with E-state index in [4.69, 9.17) is 14.2 Å². The van der Waals surface area contributed by atoms with Gasteiger partial charge in [0.05, 0.1) is 32.0 Å². The molecule has 2 aromatic rings. The van der Waals surface area contributed by atoms with Crippen LogP contribution in [0.25, 0.3) is 6.08 Å². The van der Waals surface area contributed by atoms with Crippen LogP contribution in [0.1, 0.15) is 34.0 Å². The number of carbonyl (C=O) groups is 1. The monoisotopic (exact) mass is 386 g/mol. The van der Waals surface area contributed by atoms with E-state index in [1.54, 1.807) is 6.92 Å². The van der Waals surface area contributed by atoms with Crippen molar-refractivity contribution in [3.8, 4) is 34.5 Å². The fraction of sp³-hybridized carbons (Fsp3) is 0.250. The van der Waals surface area contributed by atoms with Crippen LogP contribution in [0, 0.1) is 0 Å². The summed E-state index contributed by atoms with van der Waals surface area (Å²) in [4.78, 5) is 13.3. The van der Waals surface area contributed by atoms with Crippen molar-refractivity contribution in [3.63, 3.8) is 0 Å². The molecule has 0 amide bonds. The second-order valence-corrected chi connectivity index (χ2v) is 6.71. The normalized spacial score (nSPS) is 19.3. The maximum absolute atomic E-state index is 13.3. The van der Waals surface area contributed by atoms with Gasteiger partial charge in [-0.1, -0.05) is 0 Å². The first-order valence-electron chi connectivity index (χ1n) is 8.41. The second-order valence-electron chi connectivity index (χ2n) is 6.71. The Labute approximate surface area is 159 Å². The van der Waals surface area contributed by atoms with Crippen molar-refractivity contribution in [2.45, 2.75) is 19.1 Å². The summed E-state index contributed by atoms with van der Waals surface area (Å²) in [6.45, 7) is 1.08. The quantitative estimate of drug-likeness (QED) is 0.592. The zero-order valence-electron chi connectivity index (χ0n) is 15.4. The molecule has 2 aromatic carbocycles. The molecule has 1 unspecified atom stereocenters. The highest BCUT2D eigenvalue weighted by Crippen LogP contribution is 2.58. The third-order valence-electron chi connectivity index (χ3n) is 5.25. The van der Waals surface area contributed by atoms with Crippen LogP contribution in [0.3, 0.4) is 0 Å². The molecule has 0 saturated heterocycles. The lowest BCUT2D eigenvalue weighted by Crippen LogP contribution is -2.38. The number of aliphatic hydroxyl groups excluding tert-OH is 1. The van der Waals surface area contributed by atoms with Crippen LogP contribution in [0.15, 0.2) is 17.7 Å². The Bertz CT molecular complexity index is 1070. The molecule has 1 aliphatic carbocycles. The summed E-state index contributed by atoms with van der Waals surface area (Å²) in [7, 11) is 2.67. The van der Waals surface area contributed by atoms with Crippen LogP contribution in [-0.2, 0) is 12.2 Å². The van der Waals surface area contributed by atoms with Crippen molar-refractivity contribution in [1.82, 2.24) is 0 Å². The summed E-state index contributed by atoms with van der Waals surface area (Å²) in [5.41, 5.74) is -0.414. The Balaban J connectivity index is 2.02. The molecule has 4 rings (SSSR count). The zero-order chi connectivity index (χ0) is 20.4. The number of benzene rings is 2. The number of carbonyl (C=O) groups excluding carboxylic acids is 1. The first-order valence-corrected chi connectivity index (χ1v) is 8.41. The van der Waals surface area contributed by atoms with E-state index in [-0.39, 0.29) is 39.5 Å². The highest BCUT2D eigenvalue weighted by atomic mass is 16.5. The Morgan fingerprint density at radius 3 is 2.29 bits per heavy atom. The van der Waals surface area contributed by atoms with E-state index in [1.165, 1.54) is 32.4 Å². The number of fused-ring (bicyclic) bond motifs is 4. The van der Waals surface area contributed by atoms with E-state index in [2.05, 4.69) is 0 Å². The summed E-state index contributed by atoms with van der Waals surface area (Å²) < 4.78 is 16.2.